The van der Waals surface area contributed by atoms with E-state index in [1.807, 2.05) is 43.3 Å². The van der Waals surface area contributed by atoms with Gasteiger partial charge in [-0.1, -0.05) is 24.3 Å². The molecule has 0 fully saturated rings. The summed E-state index contributed by atoms with van der Waals surface area (Å²) in [6.45, 7) is 4.06. The van der Waals surface area contributed by atoms with Crippen LogP contribution in [0.5, 0.6) is 5.75 Å². The number of amides is 1. The predicted molar refractivity (Wildman–Crippen MR) is 103 cm³/mol. The number of ether oxygens (including phenoxy) is 2. The molecule has 0 radical (unpaired) electrons. The molecule has 2 aromatic carbocycles. The van der Waals surface area contributed by atoms with Crippen molar-refractivity contribution in [1.29, 1.82) is 0 Å². The van der Waals surface area contributed by atoms with E-state index in [2.05, 4.69) is 5.32 Å². The van der Waals surface area contributed by atoms with Gasteiger partial charge >= 0.3 is 0 Å². The standard InChI is InChI=1S/C19H24N2O3.ClH/c1-2-23-13-14-24-18-6-4-3-5-17(18)19(22)21-12-11-15-7-9-16(20)10-8-15;/h3-10H,2,11-14,20H2,1H3,(H,21,22);1H. The first-order chi connectivity index (χ1) is 11.7. The Morgan fingerprint density at radius 3 is 2.52 bits per heavy atom. The second-order valence-corrected chi connectivity index (χ2v) is 5.29. The van der Waals surface area contributed by atoms with Gasteiger partial charge in [-0.25, -0.2) is 0 Å². The van der Waals surface area contributed by atoms with E-state index in [0.29, 0.717) is 37.7 Å². The zero-order valence-electron chi connectivity index (χ0n) is 14.4. The molecule has 2 rings (SSSR count). The number of nitrogen functional groups attached to an aromatic ring is 1. The third kappa shape index (κ3) is 7.03. The topological polar surface area (TPSA) is 73.6 Å². The van der Waals surface area contributed by atoms with Crippen LogP contribution in [-0.2, 0) is 11.2 Å². The molecule has 3 N–H and O–H groups in total. The number of hydrogen-bond donors (Lipinski definition) is 2. The maximum absolute atomic E-state index is 12.4. The number of para-hydroxylation sites is 1. The number of anilines is 1. The summed E-state index contributed by atoms with van der Waals surface area (Å²) in [6.07, 6.45) is 0.749. The Kier molecular flexibility index (Phi) is 9.43. The van der Waals surface area contributed by atoms with E-state index in [1.165, 1.54) is 0 Å². The van der Waals surface area contributed by atoms with Crippen LogP contribution in [0.25, 0.3) is 0 Å². The van der Waals surface area contributed by atoms with Crippen molar-refractivity contribution in [3.63, 3.8) is 0 Å². The zero-order chi connectivity index (χ0) is 17.2. The number of rotatable bonds is 9. The van der Waals surface area contributed by atoms with Crippen LogP contribution in [0.15, 0.2) is 48.5 Å². The van der Waals surface area contributed by atoms with Gasteiger partial charge in [-0.05, 0) is 43.2 Å². The van der Waals surface area contributed by atoms with E-state index in [4.69, 9.17) is 15.2 Å². The molecule has 136 valence electrons. The van der Waals surface area contributed by atoms with Crippen LogP contribution < -0.4 is 15.8 Å². The molecular formula is C19H25ClN2O3. The molecule has 25 heavy (non-hydrogen) atoms. The zero-order valence-corrected chi connectivity index (χ0v) is 15.2. The predicted octanol–water partition coefficient (Wildman–Crippen LogP) is 3.08. The van der Waals surface area contributed by atoms with Gasteiger partial charge in [0.05, 0.1) is 12.2 Å². The second kappa shape index (κ2) is 11.3. The fourth-order valence-corrected chi connectivity index (χ4v) is 2.23. The Morgan fingerprint density at radius 2 is 1.80 bits per heavy atom. The molecule has 0 aliphatic carbocycles. The number of carbonyl (C=O) groups excluding carboxylic acids is 1. The van der Waals surface area contributed by atoms with Crippen molar-refractivity contribution in [3.05, 3.63) is 59.7 Å². The van der Waals surface area contributed by atoms with Crippen LogP contribution in [0.3, 0.4) is 0 Å². The average molecular weight is 365 g/mol. The smallest absolute Gasteiger partial charge is 0.255 e. The van der Waals surface area contributed by atoms with Crippen molar-refractivity contribution >= 4 is 24.0 Å². The van der Waals surface area contributed by atoms with Crippen LogP contribution >= 0.6 is 12.4 Å². The lowest BCUT2D eigenvalue weighted by molar-refractivity contribution is 0.0937. The summed E-state index contributed by atoms with van der Waals surface area (Å²) in [5, 5.41) is 2.92. The molecule has 6 heteroatoms. The molecule has 0 saturated heterocycles. The summed E-state index contributed by atoms with van der Waals surface area (Å²) in [6, 6.07) is 14.9. The van der Waals surface area contributed by atoms with Crippen LogP contribution in [0.2, 0.25) is 0 Å². The highest BCUT2D eigenvalue weighted by atomic mass is 35.5. The van der Waals surface area contributed by atoms with Gasteiger partial charge in [0, 0.05) is 18.8 Å². The van der Waals surface area contributed by atoms with Gasteiger partial charge in [-0.3, -0.25) is 4.79 Å². The minimum atomic E-state index is -0.141. The van der Waals surface area contributed by atoms with E-state index in [0.717, 1.165) is 17.7 Å². The highest BCUT2D eigenvalue weighted by molar-refractivity contribution is 5.96. The monoisotopic (exact) mass is 364 g/mol. The lowest BCUT2D eigenvalue weighted by Crippen LogP contribution is -2.26. The Bertz CT molecular complexity index is 647. The highest BCUT2D eigenvalue weighted by Crippen LogP contribution is 2.17. The molecule has 0 unspecified atom stereocenters. The summed E-state index contributed by atoms with van der Waals surface area (Å²) in [5.74, 6) is 0.430. The van der Waals surface area contributed by atoms with Crippen molar-refractivity contribution in [1.82, 2.24) is 5.32 Å². The van der Waals surface area contributed by atoms with Crippen LogP contribution in [-0.4, -0.2) is 32.3 Å². The van der Waals surface area contributed by atoms with E-state index in [-0.39, 0.29) is 18.3 Å². The number of hydrogen-bond acceptors (Lipinski definition) is 4. The van der Waals surface area contributed by atoms with E-state index >= 15 is 0 Å². The third-order valence-corrected chi connectivity index (χ3v) is 3.50. The summed E-state index contributed by atoms with van der Waals surface area (Å²) in [7, 11) is 0. The molecule has 2 aromatic rings. The van der Waals surface area contributed by atoms with Gasteiger partial charge in [0.2, 0.25) is 0 Å². The number of nitrogens with one attached hydrogen (secondary N) is 1. The average Bonchev–Trinajstić information content (AvgIpc) is 2.61. The molecule has 0 heterocycles. The van der Waals surface area contributed by atoms with Gasteiger partial charge < -0.3 is 20.5 Å². The van der Waals surface area contributed by atoms with Gasteiger partial charge in [0.25, 0.3) is 5.91 Å². The largest absolute Gasteiger partial charge is 0.490 e. The van der Waals surface area contributed by atoms with Crippen molar-refractivity contribution < 1.29 is 14.3 Å². The molecule has 0 bridgehead atoms. The molecule has 0 atom stereocenters. The Hall–Kier alpha value is -2.24. The molecule has 0 aliphatic rings. The summed E-state index contributed by atoms with van der Waals surface area (Å²) < 4.78 is 10.9. The minimum absolute atomic E-state index is 0. The first-order valence-electron chi connectivity index (χ1n) is 8.13. The van der Waals surface area contributed by atoms with E-state index < -0.39 is 0 Å². The van der Waals surface area contributed by atoms with Crippen LogP contribution in [0, 0.1) is 0 Å². The third-order valence-electron chi connectivity index (χ3n) is 3.50. The SMILES string of the molecule is CCOCCOc1ccccc1C(=O)NCCc1ccc(N)cc1.Cl. The van der Waals surface area contributed by atoms with E-state index in [9.17, 15) is 4.79 Å². The van der Waals surface area contributed by atoms with E-state index in [1.54, 1.807) is 12.1 Å². The Balaban J connectivity index is 0.00000312. The summed E-state index contributed by atoms with van der Waals surface area (Å²) in [5.41, 5.74) is 8.06. The van der Waals surface area contributed by atoms with Gasteiger partial charge in [-0.15, -0.1) is 12.4 Å². The van der Waals surface area contributed by atoms with Crippen molar-refractivity contribution in [2.45, 2.75) is 13.3 Å². The number of benzene rings is 2. The van der Waals surface area contributed by atoms with Crippen LogP contribution in [0.1, 0.15) is 22.8 Å². The summed E-state index contributed by atoms with van der Waals surface area (Å²) in [4.78, 5) is 12.4. The van der Waals surface area contributed by atoms with Crippen molar-refractivity contribution in [2.75, 3.05) is 32.1 Å². The number of nitrogens with two attached hydrogens (primary N) is 1. The molecule has 0 saturated carbocycles. The van der Waals surface area contributed by atoms with Crippen LogP contribution in [0.4, 0.5) is 5.69 Å². The van der Waals surface area contributed by atoms with Gasteiger partial charge in [-0.2, -0.15) is 0 Å². The minimum Gasteiger partial charge on any atom is -0.490 e. The molecule has 5 nitrogen and oxygen atoms in total. The maximum Gasteiger partial charge on any atom is 0.255 e. The number of halogens is 1. The molecular weight excluding hydrogens is 340 g/mol. The molecule has 0 aliphatic heterocycles. The normalized spacial score (nSPS) is 9.96. The van der Waals surface area contributed by atoms with Crippen molar-refractivity contribution in [2.24, 2.45) is 0 Å². The van der Waals surface area contributed by atoms with Crippen molar-refractivity contribution in [3.8, 4) is 5.75 Å². The quantitative estimate of drug-likeness (QED) is 0.529. The first-order valence-corrected chi connectivity index (χ1v) is 8.13. The molecule has 1 amide bonds. The molecule has 0 aromatic heterocycles. The maximum atomic E-state index is 12.4. The molecule has 0 spiro atoms. The van der Waals surface area contributed by atoms with Gasteiger partial charge in [0.1, 0.15) is 12.4 Å². The second-order valence-electron chi connectivity index (χ2n) is 5.29. The fraction of sp³-hybridized carbons (Fsp3) is 0.316. The number of carbonyl (C=O) groups is 1. The fourth-order valence-electron chi connectivity index (χ4n) is 2.23. The lowest BCUT2D eigenvalue weighted by Gasteiger charge is -2.12. The Morgan fingerprint density at radius 1 is 1.08 bits per heavy atom. The van der Waals surface area contributed by atoms with Gasteiger partial charge in [0.15, 0.2) is 0 Å². The first kappa shape index (κ1) is 20.8. The highest BCUT2D eigenvalue weighted by Gasteiger charge is 2.11. The Labute approximate surface area is 154 Å². The summed E-state index contributed by atoms with van der Waals surface area (Å²) >= 11 is 0. The lowest BCUT2D eigenvalue weighted by atomic mass is 10.1.